The van der Waals surface area contributed by atoms with E-state index in [1.54, 1.807) is 11.1 Å². The summed E-state index contributed by atoms with van der Waals surface area (Å²) >= 11 is 0. The number of hydrogen-bond donors (Lipinski definition) is 3. The first-order valence-electron chi connectivity index (χ1n) is 35.4. The summed E-state index contributed by atoms with van der Waals surface area (Å²) in [5.41, 5.74) is 7.54. The molecule has 0 aromatic rings. The minimum Gasteiger partial charge on any atom is -0.481 e. The predicted molar refractivity (Wildman–Crippen MR) is 359 cm³/mol. The Labute approximate surface area is 543 Å². The summed E-state index contributed by atoms with van der Waals surface area (Å²) in [6.45, 7) is 49.9. The van der Waals surface area contributed by atoms with Gasteiger partial charge >= 0.3 is 11.9 Å². The first-order valence-corrected chi connectivity index (χ1v) is 35.4. The Kier molecular flexibility index (Phi) is 20.2. The van der Waals surface area contributed by atoms with Crippen LogP contribution in [0.1, 0.15) is 223 Å². The van der Waals surface area contributed by atoms with Crippen LogP contribution in [0.3, 0.4) is 0 Å². The fourth-order valence-electron chi connectivity index (χ4n) is 23.7. The zero-order valence-electron chi connectivity index (χ0n) is 60.3. The van der Waals surface area contributed by atoms with Gasteiger partial charge in [0.05, 0.1) is 75.9 Å². The number of carbonyl (C=O) groups is 2. The van der Waals surface area contributed by atoms with Crippen LogP contribution in [0.25, 0.3) is 0 Å². The van der Waals surface area contributed by atoms with Gasteiger partial charge in [0.25, 0.3) is 0 Å². The average Bonchev–Trinajstić information content (AvgIpc) is 0.684. The van der Waals surface area contributed by atoms with Gasteiger partial charge in [0.15, 0.2) is 0 Å². The van der Waals surface area contributed by atoms with Gasteiger partial charge in [0.2, 0.25) is 0 Å². The van der Waals surface area contributed by atoms with E-state index in [1.807, 2.05) is 14.2 Å². The SMILES string of the molecule is C.CO[C@@H]1C[C@@]23COC[C@](C)([C@@H]2CC[C@H]2C3=CC[C@@]3(C)[C@H](C(=O)O)[C@@](C)([C@H](C)C(C)C)CC[C@]23C)[C@H]1OC[C@@](C)(C(C)C)N(C)C.CO[C@@H]1C[C@@]23COC[C@](C)([C@@H]2CC[C@H]2C3=CC[C@@]3(C)[C@H](C(=O)O)[C@@](C)([C@H](C)C(C)C)CC[C@]23C)[C@H]1OC[C@](C)(N)C(C)C. The van der Waals surface area contributed by atoms with Crippen molar-refractivity contribution in [1.29, 1.82) is 0 Å². The fourth-order valence-corrected chi connectivity index (χ4v) is 23.7. The summed E-state index contributed by atoms with van der Waals surface area (Å²) < 4.78 is 39.8. The molecule has 24 atom stereocenters. The lowest BCUT2D eigenvalue weighted by Gasteiger charge is -2.71. The average molecular weight is 1250 g/mol. The largest absolute Gasteiger partial charge is 0.481 e. The van der Waals surface area contributed by atoms with E-state index in [-0.39, 0.29) is 103 Å². The molecule has 0 radical (unpaired) electrons. The maximum Gasteiger partial charge on any atom is 0.307 e. The molecule has 0 aromatic carbocycles. The van der Waals surface area contributed by atoms with Crippen molar-refractivity contribution >= 4 is 11.9 Å². The van der Waals surface area contributed by atoms with Crippen molar-refractivity contribution in [2.75, 3.05) is 68.0 Å². The molecule has 512 valence electrons. The molecule has 0 spiro atoms. The number of nitrogens with zero attached hydrogens (tertiary/aromatic N) is 1. The van der Waals surface area contributed by atoms with E-state index in [4.69, 9.17) is 34.2 Å². The molecule has 2 aliphatic heterocycles. The van der Waals surface area contributed by atoms with E-state index < -0.39 is 17.5 Å². The highest BCUT2D eigenvalue weighted by molar-refractivity contribution is 5.74. The van der Waals surface area contributed by atoms with E-state index >= 15 is 0 Å². The number of allylic oxidation sites excluding steroid dienone is 2. The van der Waals surface area contributed by atoms with Crippen LogP contribution >= 0.6 is 0 Å². The summed E-state index contributed by atoms with van der Waals surface area (Å²) in [6, 6.07) is 0. The summed E-state index contributed by atoms with van der Waals surface area (Å²) in [5.74, 6) is 2.00. The monoisotopic (exact) mass is 1250 g/mol. The van der Waals surface area contributed by atoms with E-state index in [1.165, 1.54) is 0 Å². The second-order valence-electron chi connectivity index (χ2n) is 36.2. The lowest BCUT2D eigenvalue weighted by Crippen LogP contribution is -2.70. The highest BCUT2D eigenvalue weighted by atomic mass is 16.5. The van der Waals surface area contributed by atoms with Crippen molar-refractivity contribution in [3.05, 3.63) is 23.3 Å². The molecule has 8 fully saturated rings. The zero-order chi connectivity index (χ0) is 65.5. The Morgan fingerprint density at radius 3 is 1.27 bits per heavy atom. The number of nitrogens with two attached hydrogens (primary N) is 1. The number of fused-ring (bicyclic) bond motifs is 6. The quantitative estimate of drug-likeness (QED) is 0.119. The van der Waals surface area contributed by atoms with Crippen molar-refractivity contribution < 1.29 is 48.2 Å². The highest BCUT2D eigenvalue weighted by Gasteiger charge is 2.74. The molecule has 6 saturated carbocycles. The molecule has 10 aliphatic rings. The fraction of sp³-hybridized carbons (Fsp3) is 0.922. The van der Waals surface area contributed by atoms with Gasteiger partial charge in [0.1, 0.15) is 0 Å². The van der Waals surface area contributed by atoms with Crippen LogP contribution in [0.2, 0.25) is 0 Å². The number of methoxy groups -OCH3 is 2. The maximum absolute atomic E-state index is 13.4. The number of ether oxygens (including phenoxy) is 6. The number of rotatable bonds is 17. The highest BCUT2D eigenvalue weighted by Crippen LogP contribution is 2.77. The third kappa shape index (κ3) is 10.6. The second kappa shape index (κ2) is 24.6. The third-order valence-electron chi connectivity index (χ3n) is 31.5. The third-order valence-corrected chi connectivity index (χ3v) is 31.5. The van der Waals surface area contributed by atoms with Gasteiger partial charge in [-0.05, 0) is 197 Å². The van der Waals surface area contributed by atoms with Gasteiger partial charge in [-0.2, -0.15) is 0 Å². The van der Waals surface area contributed by atoms with Crippen LogP contribution in [0.15, 0.2) is 23.3 Å². The standard InChI is InChI=1S/C39H67NO5.C37H63NO5.CH4/c1-24(2)26(5)34(6)18-19-36(8)27-14-15-30-35(7)21-44-23-39(30,28(27)16-17-37(36,9)31(34)33(41)42)20-29(43-13)32(35)45-22-38(10,25(3)4)40(11)12;1-22(2)24(5)32(6)16-17-34(8)25-12-13-28-33(7)19-42-21-37(28,26(25)14-15-35(34,9)29(32)31(39)40)18-27(41-11)30(33)43-20-36(10,38)23(3)4;/h16,24-27,29-32H,14-15,17-23H2,1-13H3,(H,41,42);14,22-25,27-30H,12-13,15-21,38H2,1-11H3,(H,39,40);1H4/t26-,27+,29-,30+,31-,32+,34-,35-,36-,37+,38+,39+;24-,25+,27-,28+,29-,30+,32-,33-,34-,35+,36+,37+;/m11./s1. The molecular formula is C77H134N2O10. The predicted octanol–water partition coefficient (Wildman–Crippen LogP) is 15.9. The number of hydrogen-bond acceptors (Lipinski definition) is 10. The lowest BCUT2D eigenvalue weighted by molar-refractivity contribution is -0.271. The molecule has 2 heterocycles. The Balaban J connectivity index is 0.000000228. The van der Waals surface area contributed by atoms with Gasteiger partial charge < -0.3 is 49.3 Å². The maximum atomic E-state index is 13.4. The van der Waals surface area contributed by atoms with Crippen molar-refractivity contribution in [2.24, 2.45) is 131 Å². The minimum atomic E-state index is -0.605. The first-order chi connectivity index (χ1) is 40.7. The molecule has 12 nitrogen and oxygen atoms in total. The van der Waals surface area contributed by atoms with E-state index in [9.17, 15) is 19.8 Å². The molecule has 0 amide bonds. The van der Waals surface area contributed by atoms with Crippen LogP contribution in [0.4, 0.5) is 0 Å². The first kappa shape index (κ1) is 72.9. The van der Waals surface area contributed by atoms with Gasteiger partial charge in [-0.15, -0.1) is 0 Å². The van der Waals surface area contributed by atoms with Gasteiger partial charge in [-0.1, -0.05) is 155 Å². The van der Waals surface area contributed by atoms with Gasteiger partial charge in [-0.25, -0.2) is 0 Å². The van der Waals surface area contributed by atoms with Crippen molar-refractivity contribution in [3.63, 3.8) is 0 Å². The summed E-state index contributed by atoms with van der Waals surface area (Å²) in [5, 5.41) is 21.9. The number of carboxylic acids is 2. The van der Waals surface area contributed by atoms with Gasteiger partial charge in [0, 0.05) is 47.0 Å². The number of carboxylic acid groups (broad SMARTS) is 2. The minimum absolute atomic E-state index is 0. The van der Waals surface area contributed by atoms with Crippen molar-refractivity contribution in [3.8, 4) is 0 Å². The Morgan fingerprint density at radius 2 is 0.955 bits per heavy atom. The van der Waals surface area contributed by atoms with Crippen LogP contribution < -0.4 is 5.73 Å². The van der Waals surface area contributed by atoms with Gasteiger partial charge in [-0.3, -0.25) is 9.59 Å². The zero-order valence-corrected chi connectivity index (χ0v) is 60.3. The lowest BCUT2D eigenvalue weighted by atomic mass is 9.34. The Morgan fingerprint density at radius 1 is 0.584 bits per heavy atom. The molecule has 0 aromatic heterocycles. The summed E-state index contributed by atoms with van der Waals surface area (Å²) in [4.78, 5) is 29.0. The molecule has 12 heteroatoms. The van der Waals surface area contributed by atoms with Crippen molar-refractivity contribution in [2.45, 2.75) is 258 Å². The molecule has 4 bridgehead atoms. The van der Waals surface area contributed by atoms with Crippen LogP contribution in [-0.2, 0) is 38.0 Å². The van der Waals surface area contributed by atoms with Crippen LogP contribution in [0.5, 0.6) is 0 Å². The molecule has 2 saturated heterocycles. The summed E-state index contributed by atoms with van der Waals surface area (Å²) in [6.07, 6.45) is 16.9. The molecule has 4 N–H and O–H groups in total. The topological polar surface area (TPSA) is 159 Å². The molecule has 10 rings (SSSR count). The van der Waals surface area contributed by atoms with Crippen molar-refractivity contribution in [1.82, 2.24) is 4.90 Å². The number of aliphatic carboxylic acids is 2. The Bertz CT molecular complexity index is 2620. The molecule has 89 heavy (non-hydrogen) atoms. The summed E-state index contributed by atoms with van der Waals surface area (Å²) in [7, 11) is 8.03. The Hall–Kier alpha value is -1.90. The van der Waals surface area contributed by atoms with E-state index in [0.717, 1.165) is 90.3 Å². The van der Waals surface area contributed by atoms with E-state index in [2.05, 4.69) is 170 Å². The second-order valence-corrected chi connectivity index (χ2v) is 36.2. The number of likely N-dealkylation sites (N-methyl/N-ethyl adjacent to an activating group) is 1. The molecular weight excluding hydrogens is 1110 g/mol. The molecule has 0 unspecified atom stereocenters. The van der Waals surface area contributed by atoms with Crippen LogP contribution in [-0.4, -0.2) is 131 Å². The van der Waals surface area contributed by atoms with Crippen LogP contribution in [0, 0.1) is 125 Å². The van der Waals surface area contributed by atoms with E-state index in [0.29, 0.717) is 85.6 Å². The smallest absolute Gasteiger partial charge is 0.307 e. The molecule has 8 aliphatic carbocycles. The normalized spacial score (nSPS) is 46.8.